The summed E-state index contributed by atoms with van der Waals surface area (Å²) in [7, 11) is 0. The van der Waals surface area contributed by atoms with Crippen LogP contribution in [-0.4, -0.2) is 22.6 Å². The highest BCUT2D eigenvalue weighted by Gasteiger charge is 2.60. The zero-order valence-electron chi connectivity index (χ0n) is 12.9. The van der Waals surface area contributed by atoms with Gasteiger partial charge in [-0.1, -0.05) is 42.0 Å². The summed E-state index contributed by atoms with van der Waals surface area (Å²) in [6, 6.07) is 6.21. The van der Waals surface area contributed by atoms with Crippen LogP contribution < -0.4 is 5.73 Å². The maximum absolute atomic E-state index is 13.0. The van der Waals surface area contributed by atoms with Crippen molar-refractivity contribution in [1.82, 2.24) is 4.90 Å². The number of halogens is 1. The molecule has 3 aliphatic rings. The monoisotopic (exact) mass is 344 g/mol. The van der Waals surface area contributed by atoms with E-state index in [2.05, 4.69) is 0 Å². The van der Waals surface area contributed by atoms with Gasteiger partial charge in [-0.05, 0) is 29.9 Å². The maximum Gasteiger partial charge on any atom is 0.234 e. The number of likely N-dealkylation sites (tertiary alicyclic amines) is 1. The highest BCUT2D eigenvalue weighted by atomic mass is 35.5. The zero-order valence-corrected chi connectivity index (χ0v) is 13.6. The van der Waals surface area contributed by atoms with Gasteiger partial charge >= 0.3 is 0 Å². The molecule has 2 N–H and O–H groups in total. The zero-order chi connectivity index (χ0) is 17.0. The lowest BCUT2D eigenvalue weighted by Crippen LogP contribution is -2.38. The number of nitrogens with zero attached hydrogens (tertiary/aromatic N) is 1. The molecular weight excluding hydrogens is 328 g/mol. The van der Waals surface area contributed by atoms with E-state index < -0.39 is 11.9 Å². The summed E-state index contributed by atoms with van der Waals surface area (Å²) in [5.74, 6) is -1.32. The molecule has 2 fully saturated rings. The number of benzene rings is 1. The number of nitrogens with two attached hydrogens (primary N) is 1. The Labute approximate surface area is 144 Å². The van der Waals surface area contributed by atoms with Crippen molar-refractivity contribution in [2.75, 3.05) is 0 Å². The van der Waals surface area contributed by atoms with Gasteiger partial charge < -0.3 is 5.73 Å². The summed E-state index contributed by atoms with van der Waals surface area (Å²) in [5, 5.41) is 0.419. The third-order valence-corrected chi connectivity index (χ3v) is 5.82. The molecule has 24 heavy (non-hydrogen) atoms. The van der Waals surface area contributed by atoms with Gasteiger partial charge in [0.05, 0.1) is 24.3 Å². The summed E-state index contributed by atoms with van der Waals surface area (Å²) >= 11 is 6.25. The normalized spacial score (nSPS) is 31.6. The molecule has 0 aromatic heterocycles. The summed E-state index contributed by atoms with van der Waals surface area (Å²) in [6.45, 7) is 0. The predicted octanol–water partition coefficient (Wildman–Crippen LogP) is 2.06. The number of carbonyl (C=O) groups is 3. The molecule has 124 valence electrons. The molecule has 5 atom stereocenters. The van der Waals surface area contributed by atoms with Crippen LogP contribution in [0.2, 0.25) is 5.02 Å². The number of amides is 3. The van der Waals surface area contributed by atoms with E-state index in [1.54, 1.807) is 24.3 Å². The second-order valence-corrected chi connectivity index (χ2v) is 7.16. The van der Waals surface area contributed by atoms with Crippen molar-refractivity contribution in [3.8, 4) is 0 Å². The van der Waals surface area contributed by atoms with Crippen molar-refractivity contribution < 1.29 is 14.4 Å². The van der Waals surface area contributed by atoms with Crippen LogP contribution in [0, 0.1) is 23.7 Å². The maximum atomic E-state index is 13.0. The van der Waals surface area contributed by atoms with Crippen LogP contribution in [0.15, 0.2) is 36.4 Å². The first kappa shape index (κ1) is 15.4. The van der Waals surface area contributed by atoms with Crippen LogP contribution in [0.3, 0.4) is 0 Å². The van der Waals surface area contributed by atoms with Gasteiger partial charge in [0.15, 0.2) is 0 Å². The molecule has 1 aromatic carbocycles. The molecular formula is C18H17ClN2O3. The molecule has 1 saturated carbocycles. The molecule has 1 saturated heterocycles. The minimum absolute atomic E-state index is 0.122. The Morgan fingerprint density at radius 3 is 2.29 bits per heavy atom. The van der Waals surface area contributed by atoms with Gasteiger partial charge in [0.25, 0.3) is 0 Å². The van der Waals surface area contributed by atoms with E-state index in [-0.39, 0.29) is 41.9 Å². The van der Waals surface area contributed by atoms with Crippen LogP contribution in [0.5, 0.6) is 0 Å². The van der Waals surface area contributed by atoms with E-state index in [1.807, 2.05) is 12.2 Å². The third-order valence-electron chi connectivity index (χ3n) is 5.47. The van der Waals surface area contributed by atoms with E-state index >= 15 is 0 Å². The summed E-state index contributed by atoms with van der Waals surface area (Å²) in [6.07, 6.45) is 4.83. The molecule has 6 heteroatoms. The summed E-state index contributed by atoms with van der Waals surface area (Å²) in [4.78, 5) is 38.8. The van der Waals surface area contributed by atoms with E-state index in [9.17, 15) is 14.4 Å². The van der Waals surface area contributed by atoms with E-state index in [4.69, 9.17) is 17.3 Å². The largest absolute Gasteiger partial charge is 0.370 e. The first-order chi connectivity index (χ1) is 11.5. The molecule has 0 radical (unpaired) electrons. The van der Waals surface area contributed by atoms with Gasteiger partial charge in [-0.3, -0.25) is 19.3 Å². The predicted molar refractivity (Wildman–Crippen MR) is 87.6 cm³/mol. The fraction of sp³-hybridized carbons (Fsp3) is 0.389. The lowest BCUT2D eigenvalue weighted by molar-refractivity contribution is -0.144. The third kappa shape index (κ3) is 2.11. The van der Waals surface area contributed by atoms with Crippen LogP contribution in [0.1, 0.15) is 24.4 Å². The Hall–Kier alpha value is -2.14. The summed E-state index contributed by atoms with van der Waals surface area (Å²) in [5.41, 5.74) is 5.96. The standard InChI is InChI=1S/C18H17ClN2O3/c19-12-4-2-1-3-11(12)13(8-14(20)22)21-17(23)15-9-5-6-10(7-9)16(15)18(21)24/h1-6,9-10,13,15-16H,7-8H2,(H2,20,22). The molecule has 1 aliphatic heterocycles. The molecule has 1 aromatic rings. The molecule has 3 amide bonds. The number of rotatable bonds is 4. The lowest BCUT2D eigenvalue weighted by Gasteiger charge is -2.28. The number of hydrogen-bond donors (Lipinski definition) is 1. The van der Waals surface area contributed by atoms with E-state index in [1.165, 1.54) is 4.90 Å². The van der Waals surface area contributed by atoms with Gasteiger partial charge in [-0.2, -0.15) is 0 Å². The minimum atomic E-state index is -0.735. The van der Waals surface area contributed by atoms with Gasteiger partial charge in [-0.15, -0.1) is 0 Å². The Morgan fingerprint density at radius 2 is 1.75 bits per heavy atom. The smallest absolute Gasteiger partial charge is 0.234 e. The average Bonchev–Trinajstić information content (AvgIpc) is 3.20. The second kappa shape index (κ2) is 5.45. The van der Waals surface area contributed by atoms with Gasteiger partial charge in [0.2, 0.25) is 17.7 Å². The second-order valence-electron chi connectivity index (χ2n) is 6.75. The summed E-state index contributed by atoms with van der Waals surface area (Å²) < 4.78 is 0. The highest BCUT2D eigenvalue weighted by Crippen LogP contribution is 2.54. The quantitative estimate of drug-likeness (QED) is 0.670. The van der Waals surface area contributed by atoms with Crippen molar-refractivity contribution >= 4 is 29.3 Å². The van der Waals surface area contributed by atoms with Crippen LogP contribution in [0.25, 0.3) is 0 Å². The number of primary amides is 1. The lowest BCUT2D eigenvalue weighted by atomic mass is 9.85. The van der Waals surface area contributed by atoms with E-state index in [0.717, 1.165) is 6.42 Å². The van der Waals surface area contributed by atoms with Crippen LogP contribution >= 0.6 is 11.6 Å². The van der Waals surface area contributed by atoms with Gasteiger partial charge in [-0.25, -0.2) is 0 Å². The molecule has 2 aliphatic carbocycles. The average molecular weight is 345 g/mol. The fourth-order valence-corrected chi connectivity index (χ4v) is 4.77. The minimum Gasteiger partial charge on any atom is -0.370 e. The Balaban J connectivity index is 1.74. The molecule has 0 spiro atoms. The van der Waals surface area contributed by atoms with Crippen molar-refractivity contribution in [2.45, 2.75) is 18.9 Å². The van der Waals surface area contributed by atoms with Crippen LogP contribution in [-0.2, 0) is 14.4 Å². The number of hydrogen-bond acceptors (Lipinski definition) is 3. The first-order valence-corrected chi connectivity index (χ1v) is 8.45. The number of imide groups is 1. The Morgan fingerprint density at radius 1 is 1.17 bits per heavy atom. The molecule has 1 heterocycles. The SMILES string of the molecule is NC(=O)CC(c1ccccc1Cl)N1C(=O)C2C3C=CC(C3)C2C1=O. The Bertz CT molecular complexity index is 745. The molecule has 2 bridgehead atoms. The number of allylic oxidation sites excluding steroid dienone is 2. The van der Waals surface area contributed by atoms with Crippen molar-refractivity contribution in [3.05, 3.63) is 47.0 Å². The number of carbonyl (C=O) groups excluding carboxylic acids is 3. The Kier molecular flexibility index (Phi) is 3.49. The molecule has 5 nitrogen and oxygen atoms in total. The van der Waals surface area contributed by atoms with Crippen molar-refractivity contribution in [2.24, 2.45) is 29.4 Å². The number of fused-ring (bicyclic) bond motifs is 5. The van der Waals surface area contributed by atoms with E-state index in [0.29, 0.717) is 10.6 Å². The fourth-order valence-electron chi connectivity index (χ4n) is 4.51. The molecule has 5 unspecified atom stereocenters. The highest BCUT2D eigenvalue weighted by molar-refractivity contribution is 6.31. The van der Waals surface area contributed by atoms with Crippen molar-refractivity contribution in [1.29, 1.82) is 0 Å². The van der Waals surface area contributed by atoms with Crippen molar-refractivity contribution in [3.63, 3.8) is 0 Å². The topological polar surface area (TPSA) is 80.5 Å². The first-order valence-electron chi connectivity index (χ1n) is 8.07. The molecule has 4 rings (SSSR count). The van der Waals surface area contributed by atoms with Crippen LogP contribution in [0.4, 0.5) is 0 Å². The van der Waals surface area contributed by atoms with Gasteiger partial charge in [0.1, 0.15) is 0 Å². The van der Waals surface area contributed by atoms with Gasteiger partial charge in [0, 0.05) is 5.02 Å².